The fourth-order valence-corrected chi connectivity index (χ4v) is 3.19. The van der Waals surface area contributed by atoms with Gasteiger partial charge in [-0.25, -0.2) is 4.79 Å². The lowest BCUT2D eigenvalue weighted by molar-refractivity contribution is -0.384. The van der Waals surface area contributed by atoms with Crippen molar-refractivity contribution >= 4 is 23.2 Å². The van der Waals surface area contributed by atoms with E-state index in [1.165, 1.54) is 6.07 Å². The molecule has 0 aromatic heterocycles. The second-order valence-electron chi connectivity index (χ2n) is 7.56. The summed E-state index contributed by atoms with van der Waals surface area (Å²) < 4.78 is 5.36. The van der Waals surface area contributed by atoms with Gasteiger partial charge in [0.15, 0.2) is 0 Å². The number of alkyl carbamates (subject to hydrolysis) is 1. The third-order valence-electron chi connectivity index (χ3n) is 4.22. The molecule has 27 heavy (non-hydrogen) atoms. The van der Waals surface area contributed by atoms with Gasteiger partial charge in [0.05, 0.1) is 11.0 Å². The van der Waals surface area contributed by atoms with Crippen LogP contribution in [0.5, 0.6) is 0 Å². The average molecular weight is 369 g/mol. The molecule has 1 heterocycles. The van der Waals surface area contributed by atoms with Crippen LogP contribution < -0.4 is 10.2 Å². The molecule has 7 heteroatoms. The van der Waals surface area contributed by atoms with Crippen LogP contribution in [0.25, 0.3) is 0 Å². The van der Waals surface area contributed by atoms with Gasteiger partial charge in [-0.2, -0.15) is 0 Å². The van der Waals surface area contributed by atoms with Gasteiger partial charge in [-0.15, -0.1) is 0 Å². The van der Waals surface area contributed by atoms with Crippen molar-refractivity contribution in [3.05, 3.63) is 64.2 Å². The van der Waals surface area contributed by atoms with Crippen molar-refractivity contribution in [2.45, 2.75) is 38.8 Å². The average Bonchev–Trinajstić information content (AvgIpc) is 2.59. The molecule has 0 spiro atoms. The maximum atomic E-state index is 12.2. The largest absolute Gasteiger partial charge is 0.444 e. The number of non-ortho nitro benzene ring substituents is 1. The highest BCUT2D eigenvalue weighted by molar-refractivity contribution is 5.72. The first-order chi connectivity index (χ1) is 12.7. The third-order valence-corrected chi connectivity index (χ3v) is 4.22. The molecule has 0 saturated carbocycles. The molecule has 142 valence electrons. The molecule has 0 aliphatic carbocycles. The number of carbonyl (C=O) groups excluding carboxylic acids is 1. The minimum absolute atomic E-state index is 0.0345. The van der Waals surface area contributed by atoms with Crippen LogP contribution in [-0.2, 0) is 11.2 Å². The van der Waals surface area contributed by atoms with Crippen molar-refractivity contribution in [2.24, 2.45) is 0 Å². The van der Waals surface area contributed by atoms with Crippen molar-refractivity contribution in [3.8, 4) is 0 Å². The molecule has 7 nitrogen and oxygen atoms in total. The standard InChI is InChI=1S/C20H23N3O4/c1-20(2,3)27-19(24)21-15-11-14-7-4-5-10-18(14)22(13-15)16-8-6-9-17(12-16)23(25)26/h4-10,12,15H,11,13H2,1-3H3,(H,21,24). The molecular formula is C20H23N3O4. The minimum atomic E-state index is -0.573. The van der Waals surface area contributed by atoms with Crippen molar-refractivity contribution in [1.29, 1.82) is 0 Å². The summed E-state index contributed by atoms with van der Waals surface area (Å²) in [5.74, 6) is 0. The number of hydrogen-bond donors (Lipinski definition) is 1. The van der Waals surface area contributed by atoms with Crippen LogP contribution in [0.15, 0.2) is 48.5 Å². The van der Waals surface area contributed by atoms with Crippen LogP contribution >= 0.6 is 0 Å². The molecule has 2 aromatic carbocycles. The molecule has 1 atom stereocenters. The van der Waals surface area contributed by atoms with Crippen molar-refractivity contribution in [3.63, 3.8) is 0 Å². The monoisotopic (exact) mass is 369 g/mol. The Morgan fingerprint density at radius 2 is 1.96 bits per heavy atom. The Morgan fingerprint density at radius 1 is 1.22 bits per heavy atom. The van der Waals surface area contributed by atoms with Crippen LogP contribution in [0.1, 0.15) is 26.3 Å². The number of ether oxygens (including phenoxy) is 1. The topological polar surface area (TPSA) is 84.7 Å². The Bertz CT molecular complexity index is 860. The molecular weight excluding hydrogens is 346 g/mol. The minimum Gasteiger partial charge on any atom is -0.444 e. The van der Waals surface area contributed by atoms with Crippen LogP contribution in [0, 0.1) is 10.1 Å². The van der Waals surface area contributed by atoms with Gasteiger partial charge < -0.3 is 15.0 Å². The number of fused-ring (bicyclic) bond motifs is 1. The van der Waals surface area contributed by atoms with Crippen LogP contribution in [-0.4, -0.2) is 29.2 Å². The summed E-state index contributed by atoms with van der Waals surface area (Å²) in [5.41, 5.74) is 2.23. The quantitative estimate of drug-likeness (QED) is 0.648. The van der Waals surface area contributed by atoms with E-state index in [0.717, 1.165) is 11.3 Å². The smallest absolute Gasteiger partial charge is 0.407 e. The number of nitrogens with one attached hydrogen (secondary N) is 1. The van der Waals surface area contributed by atoms with Gasteiger partial charge in [-0.3, -0.25) is 10.1 Å². The molecule has 1 aliphatic heterocycles. The number of nitro benzene ring substituents is 1. The normalized spacial score (nSPS) is 16.4. The number of nitro groups is 1. The van der Waals surface area contributed by atoms with E-state index in [1.54, 1.807) is 12.1 Å². The zero-order valence-corrected chi connectivity index (χ0v) is 15.6. The molecule has 2 aromatic rings. The first kappa shape index (κ1) is 18.7. The highest BCUT2D eigenvalue weighted by atomic mass is 16.6. The summed E-state index contributed by atoms with van der Waals surface area (Å²) in [4.78, 5) is 24.9. The maximum absolute atomic E-state index is 12.2. The van der Waals surface area contributed by atoms with Gasteiger partial charge >= 0.3 is 6.09 Å². The number of amides is 1. The second-order valence-corrected chi connectivity index (χ2v) is 7.56. The van der Waals surface area contributed by atoms with Crippen molar-refractivity contribution in [2.75, 3.05) is 11.4 Å². The van der Waals surface area contributed by atoms with E-state index in [-0.39, 0.29) is 11.7 Å². The molecule has 0 radical (unpaired) electrons. The van der Waals surface area contributed by atoms with Crippen molar-refractivity contribution in [1.82, 2.24) is 5.32 Å². The zero-order chi connectivity index (χ0) is 19.6. The lowest BCUT2D eigenvalue weighted by Gasteiger charge is -2.36. The molecule has 3 rings (SSSR count). The maximum Gasteiger partial charge on any atom is 0.407 e. The van der Waals surface area contributed by atoms with E-state index in [4.69, 9.17) is 4.74 Å². The number of rotatable bonds is 3. The van der Waals surface area contributed by atoms with Gasteiger partial charge in [0.2, 0.25) is 0 Å². The predicted molar refractivity (Wildman–Crippen MR) is 103 cm³/mol. The Labute approximate surface area is 158 Å². The van der Waals surface area contributed by atoms with Gasteiger partial charge in [0.1, 0.15) is 5.60 Å². The number of para-hydroxylation sites is 1. The Hall–Kier alpha value is -3.09. The number of hydrogen-bond acceptors (Lipinski definition) is 5. The Morgan fingerprint density at radius 3 is 2.67 bits per heavy atom. The molecule has 1 amide bonds. The van der Waals surface area contributed by atoms with Crippen molar-refractivity contribution < 1.29 is 14.5 Å². The fourth-order valence-electron chi connectivity index (χ4n) is 3.19. The number of benzene rings is 2. The van der Waals surface area contributed by atoms with Crippen LogP contribution in [0.4, 0.5) is 21.9 Å². The summed E-state index contributed by atoms with van der Waals surface area (Å²) >= 11 is 0. The lowest BCUT2D eigenvalue weighted by atomic mass is 9.97. The predicted octanol–water partition coefficient (Wildman–Crippen LogP) is 4.18. The SMILES string of the molecule is CC(C)(C)OC(=O)NC1Cc2ccccc2N(c2cccc([N+](=O)[O-])c2)C1. The van der Waals surface area contributed by atoms with Gasteiger partial charge in [-0.05, 0) is 44.9 Å². The molecule has 1 aliphatic rings. The molecule has 1 unspecified atom stereocenters. The third kappa shape index (κ3) is 4.55. The first-order valence-corrected chi connectivity index (χ1v) is 8.82. The molecule has 0 saturated heterocycles. The van der Waals surface area contributed by atoms with Gasteiger partial charge in [0, 0.05) is 30.1 Å². The van der Waals surface area contributed by atoms with E-state index < -0.39 is 16.6 Å². The van der Waals surface area contributed by atoms with E-state index in [9.17, 15) is 14.9 Å². The van der Waals surface area contributed by atoms with E-state index >= 15 is 0 Å². The fraction of sp³-hybridized carbons (Fsp3) is 0.350. The van der Waals surface area contributed by atoms with E-state index in [2.05, 4.69) is 5.32 Å². The lowest BCUT2D eigenvalue weighted by Crippen LogP contribution is -2.48. The van der Waals surface area contributed by atoms with Gasteiger partial charge in [0.25, 0.3) is 5.69 Å². The number of carbonyl (C=O) groups is 1. The van der Waals surface area contributed by atoms with Gasteiger partial charge in [-0.1, -0.05) is 24.3 Å². The van der Waals surface area contributed by atoms with E-state index in [0.29, 0.717) is 18.7 Å². The Balaban J connectivity index is 1.88. The molecule has 1 N–H and O–H groups in total. The summed E-state index contributed by atoms with van der Waals surface area (Å²) in [7, 11) is 0. The highest BCUT2D eigenvalue weighted by Gasteiger charge is 2.28. The highest BCUT2D eigenvalue weighted by Crippen LogP contribution is 2.34. The summed E-state index contributed by atoms with van der Waals surface area (Å²) in [5, 5.41) is 14.1. The summed E-state index contributed by atoms with van der Waals surface area (Å²) in [6.45, 7) is 5.95. The first-order valence-electron chi connectivity index (χ1n) is 8.82. The zero-order valence-electron chi connectivity index (χ0n) is 15.6. The molecule has 0 bridgehead atoms. The van der Waals surface area contributed by atoms with Crippen LogP contribution in [0.3, 0.4) is 0 Å². The van der Waals surface area contributed by atoms with Crippen LogP contribution in [0.2, 0.25) is 0 Å². The second kappa shape index (κ2) is 7.26. The number of nitrogens with zero attached hydrogens (tertiary/aromatic N) is 2. The molecule has 0 fully saturated rings. The Kier molecular flexibility index (Phi) is 5.03. The summed E-state index contributed by atoms with van der Waals surface area (Å²) in [6, 6.07) is 14.2. The van der Waals surface area contributed by atoms with E-state index in [1.807, 2.05) is 56.0 Å². The number of anilines is 2. The summed E-state index contributed by atoms with van der Waals surface area (Å²) in [6.07, 6.45) is 0.201.